The molecule has 2 bridgehead atoms. The van der Waals surface area contributed by atoms with Crippen LogP contribution >= 0.6 is 0 Å². The molecule has 0 aliphatic carbocycles. The first kappa shape index (κ1) is 18.8. The summed E-state index contributed by atoms with van der Waals surface area (Å²) >= 11 is 0. The van der Waals surface area contributed by atoms with Crippen molar-refractivity contribution in [2.45, 2.75) is 38.1 Å². The van der Waals surface area contributed by atoms with Crippen LogP contribution in [0.15, 0.2) is 58.0 Å². The molecule has 2 aromatic heterocycles. The monoisotopic (exact) mass is 404 g/mol. The van der Waals surface area contributed by atoms with Crippen LogP contribution in [0.25, 0.3) is 0 Å². The Labute approximate surface area is 174 Å². The van der Waals surface area contributed by atoms with Gasteiger partial charge in [-0.25, -0.2) is 4.63 Å². The lowest BCUT2D eigenvalue weighted by Crippen LogP contribution is -2.51. The van der Waals surface area contributed by atoms with E-state index in [2.05, 4.69) is 22.4 Å². The number of rotatable bonds is 4. The molecule has 2 aliphatic rings. The highest BCUT2D eigenvalue weighted by Crippen LogP contribution is 2.42. The van der Waals surface area contributed by atoms with Crippen molar-refractivity contribution >= 4 is 5.91 Å². The molecule has 7 nitrogen and oxygen atoms in total. The maximum absolute atomic E-state index is 13.0. The molecular formula is C23H24N4O3. The summed E-state index contributed by atoms with van der Waals surface area (Å²) in [5.74, 6) is 0.441. The first-order valence-corrected chi connectivity index (χ1v) is 10.4. The van der Waals surface area contributed by atoms with Gasteiger partial charge in [-0.15, -0.1) is 0 Å². The number of carbonyl (C=O) groups excluding carboxylic acids is 1. The van der Waals surface area contributed by atoms with Crippen molar-refractivity contribution in [3.8, 4) is 0 Å². The number of hydrogen-bond donors (Lipinski definition) is 0. The maximum Gasteiger partial charge on any atom is 0.251 e. The van der Waals surface area contributed by atoms with E-state index < -0.39 is 0 Å². The zero-order valence-electron chi connectivity index (χ0n) is 16.9. The SMILES string of the molecule is Cc1nonc1CC(=O)N1C[C@H]2C[C@@H](C1)[C@H](Cc1ccccc1)n1c2cccc1=O. The van der Waals surface area contributed by atoms with Gasteiger partial charge in [0.15, 0.2) is 0 Å². The average molecular weight is 404 g/mol. The second kappa shape index (κ2) is 7.55. The molecule has 30 heavy (non-hydrogen) atoms. The predicted octanol–water partition coefficient (Wildman–Crippen LogP) is 2.51. The van der Waals surface area contributed by atoms with Gasteiger partial charge in [0, 0.05) is 36.8 Å². The van der Waals surface area contributed by atoms with Crippen LogP contribution < -0.4 is 5.56 Å². The second-order valence-corrected chi connectivity index (χ2v) is 8.38. The molecule has 154 valence electrons. The lowest BCUT2D eigenvalue weighted by atomic mass is 9.76. The third-order valence-electron chi connectivity index (χ3n) is 6.50. The Morgan fingerprint density at radius 3 is 2.70 bits per heavy atom. The fourth-order valence-electron chi connectivity index (χ4n) is 5.03. The van der Waals surface area contributed by atoms with E-state index in [9.17, 15) is 9.59 Å². The van der Waals surface area contributed by atoms with Crippen LogP contribution in [-0.2, 0) is 17.6 Å². The molecule has 1 saturated heterocycles. The minimum Gasteiger partial charge on any atom is -0.341 e. The molecule has 0 N–H and O–H groups in total. The maximum atomic E-state index is 13.0. The second-order valence-electron chi connectivity index (χ2n) is 8.38. The van der Waals surface area contributed by atoms with Crippen molar-refractivity contribution in [1.29, 1.82) is 0 Å². The number of amides is 1. The number of fused-ring (bicyclic) bond motifs is 4. The molecule has 0 spiro atoms. The molecule has 2 aliphatic heterocycles. The highest BCUT2D eigenvalue weighted by Gasteiger charge is 2.41. The Morgan fingerprint density at radius 1 is 1.10 bits per heavy atom. The zero-order chi connectivity index (χ0) is 20.7. The van der Waals surface area contributed by atoms with Crippen LogP contribution in [0.1, 0.15) is 41.0 Å². The quantitative estimate of drug-likeness (QED) is 0.667. The highest BCUT2D eigenvalue weighted by atomic mass is 16.6. The van der Waals surface area contributed by atoms with Gasteiger partial charge in [-0.1, -0.05) is 46.7 Å². The number of aryl methyl sites for hydroxylation is 1. The fraction of sp³-hybridized carbons (Fsp3) is 0.391. The normalized spacial score (nSPS) is 22.6. The van der Waals surface area contributed by atoms with E-state index >= 15 is 0 Å². The smallest absolute Gasteiger partial charge is 0.251 e. The Hall–Kier alpha value is -3.22. The van der Waals surface area contributed by atoms with E-state index in [0.29, 0.717) is 24.5 Å². The molecular weight excluding hydrogens is 380 g/mol. The van der Waals surface area contributed by atoms with E-state index in [0.717, 1.165) is 18.5 Å². The molecule has 1 amide bonds. The Balaban J connectivity index is 1.46. The van der Waals surface area contributed by atoms with Crippen LogP contribution in [0.2, 0.25) is 0 Å². The highest BCUT2D eigenvalue weighted by molar-refractivity contribution is 5.78. The summed E-state index contributed by atoms with van der Waals surface area (Å²) in [4.78, 5) is 27.8. The molecule has 1 aromatic carbocycles. The summed E-state index contributed by atoms with van der Waals surface area (Å²) in [5.41, 5.74) is 3.53. The van der Waals surface area contributed by atoms with Crippen LogP contribution in [0.5, 0.6) is 0 Å². The van der Waals surface area contributed by atoms with Crippen molar-refractivity contribution in [1.82, 2.24) is 19.8 Å². The lowest BCUT2D eigenvalue weighted by Gasteiger charge is -2.47. The van der Waals surface area contributed by atoms with Crippen molar-refractivity contribution in [3.63, 3.8) is 0 Å². The van der Waals surface area contributed by atoms with E-state index in [1.165, 1.54) is 5.56 Å². The molecule has 3 atom stereocenters. The van der Waals surface area contributed by atoms with Gasteiger partial charge in [-0.05, 0) is 37.3 Å². The minimum absolute atomic E-state index is 0.0358. The summed E-state index contributed by atoms with van der Waals surface area (Å²) in [7, 11) is 0. The molecule has 4 heterocycles. The molecule has 0 radical (unpaired) electrons. The number of piperidine rings is 1. The van der Waals surface area contributed by atoms with Gasteiger partial charge in [0.2, 0.25) is 5.91 Å². The topological polar surface area (TPSA) is 81.2 Å². The summed E-state index contributed by atoms with van der Waals surface area (Å²) in [6.45, 7) is 3.07. The van der Waals surface area contributed by atoms with Crippen LogP contribution in [0.4, 0.5) is 0 Å². The summed E-state index contributed by atoms with van der Waals surface area (Å²) in [5, 5.41) is 7.64. The minimum atomic E-state index is 0.0358. The lowest BCUT2D eigenvalue weighted by molar-refractivity contribution is -0.133. The van der Waals surface area contributed by atoms with Gasteiger partial charge in [-0.2, -0.15) is 0 Å². The standard InChI is InChI=1S/C23H24N4O3/c1-15-19(25-30-24-15)12-23(29)26-13-17-11-18(14-26)21(10-16-6-3-2-4-7-16)27-20(17)8-5-9-22(27)28/h2-9,17-18,21H,10-14H2,1H3/t17-,18+,21+/m1/s1. The fourth-order valence-corrected chi connectivity index (χ4v) is 5.03. The predicted molar refractivity (Wildman–Crippen MR) is 110 cm³/mol. The molecule has 1 fully saturated rings. The van der Waals surface area contributed by atoms with Gasteiger partial charge in [0.05, 0.1) is 6.42 Å². The summed E-state index contributed by atoms with van der Waals surface area (Å²) < 4.78 is 6.73. The summed E-state index contributed by atoms with van der Waals surface area (Å²) in [6, 6.07) is 15.8. The largest absolute Gasteiger partial charge is 0.341 e. The Morgan fingerprint density at radius 2 is 1.93 bits per heavy atom. The Kier molecular flexibility index (Phi) is 4.73. The van der Waals surface area contributed by atoms with Gasteiger partial charge >= 0.3 is 0 Å². The molecule has 5 rings (SSSR count). The van der Waals surface area contributed by atoms with E-state index in [1.54, 1.807) is 13.0 Å². The van der Waals surface area contributed by atoms with E-state index in [4.69, 9.17) is 4.63 Å². The number of likely N-dealkylation sites (tertiary alicyclic amines) is 1. The molecule has 0 saturated carbocycles. The number of hydrogen-bond acceptors (Lipinski definition) is 5. The van der Waals surface area contributed by atoms with Crippen molar-refractivity contribution in [3.05, 3.63) is 81.5 Å². The molecule has 3 aromatic rings. The number of carbonyl (C=O) groups is 1. The number of aromatic nitrogens is 3. The van der Waals surface area contributed by atoms with E-state index in [1.807, 2.05) is 39.8 Å². The number of pyridine rings is 1. The third-order valence-corrected chi connectivity index (χ3v) is 6.50. The van der Waals surface area contributed by atoms with Gasteiger partial charge in [0.25, 0.3) is 5.56 Å². The zero-order valence-corrected chi connectivity index (χ0v) is 16.9. The first-order valence-electron chi connectivity index (χ1n) is 10.4. The van der Waals surface area contributed by atoms with Crippen LogP contribution in [-0.4, -0.2) is 38.8 Å². The van der Waals surface area contributed by atoms with Crippen LogP contribution in [0, 0.1) is 12.8 Å². The van der Waals surface area contributed by atoms with Crippen molar-refractivity contribution < 1.29 is 9.42 Å². The molecule has 0 unspecified atom stereocenters. The summed E-state index contributed by atoms with van der Waals surface area (Å²) in [6.07, 6.45) is 1.97. The van der Waals surface area contributed by atoms with Gasteiger partial charge < -0.3 is 9.47 Å². The van der Waals surface area contributed by atoms with Crippen molar-refractivity contribution in [2.24, 2.45) is 5.92 Å². The van der Waals surface area contributed by atoms with Gasteiger partial charge in [-0.3, -0.25) is 9.59 Å². The first-order chi connectivity index (χ1) is 14.6. The molecule has 7 heteroatoms. The van der Waals surface area contributed by atoms with Crippen molar-refractivity contribution in [2.75, 3.05) is 13.1 Å². The van der Waals surface area contributed by atoms with Crippen LogP contribution in [0.3, 0.4) is 0 Å². The van der Waals surface area contributed by atoms with Gasteiger partial charge in [0.1, 0.15) is 11.4 Å². The third kappa shape index (κ3) is 3.34. The van der Waals surface area contributed by atoms with E-state index in [-0.39, 0.29) is 35.8 Å². The average Bonchev–Trinajstić information content (AvgIpc) is 3.16. The number of benzene rings is 1. The Bertz CT molecular complexity index is 1120. The number of nitrogens with zero attached hydrogens (tertiary/aromatic N) is 4.